The molecule has 1 N–H and O–H groups in total. The number of hydrogen-bond acceptors (Lipinski definition) is 3. The molecular formula is C20H26N4O2. The fraction of sp³-hybridized carbons (Fsp3) is 0.450. The molecule has 0 bridgehead atoms. The maximum absolute atomic E-state index is 13.0. The van der Waals surface area contributed by atoms with E-state index in [1.807, 2.05) is 43.9 Å². The van der Waals surface area contributed by atoms with Gasteiger partial charge >= 0.3 is 0 Å². The second kappa shape index (κ2) is 7.72. The summed E-state index contributed by atoms with van der Waals surface area (Å²) in [7, 11) is 0. The van der Waals surface area contributed by atoms with Crippen LogP contribution in [0, 0.1) is 6.92 Å². The lowest BCUT2D eigenvalue weighted by atomic mass is 10.1. The molecule has 0 aliphatic carbocycles. The highest BCUT2D eigenvalue weighted by Gasteiger charge is 2.26. The van der Waals surface area contributed by atoms with Gasteiger partial charge < -0.3 is 10.2 Å². The molecule has 6 nitrogen and oxygen atoms in total. The SMILES string of the molecule is CCC(C)NC(=O)c1cc2n(n1)CCCN(Cc1cccc(C)c1)C2=O. The summed E-state index contributed by atoms with van der Waals surface area (Å²) in [6.45, 7) is 7.91. The number of amides is 2. The van der Waals surface area contributed by atoms with Crippen LogP contribution in [-0.4, -0.2) is 39.1 Å². The Kier molecular flexibility index (Phi) is 5.40. The van der Waals surface area contributed by atoms with Gasteiger partial charge in [0.2, 0.25) is 0 Å². The predicted molar refractivity (Wildman–Crippen MR) is 100.0 cm³/mol. The number of rotatable bonds is 5. The van der Waals surface area contributed by atoms with Gasteiger partial charge in [-0.15, -0.1) is 0 Å². The van der Waals surface area contributed by atoms with Gasteiger partial charge in [0.1, 0.15) is 5.69 Å². The molecule has 0 spiro atoms. The number of nitrogens with zero attached hydrogens (tertiary/aromatic N) is 3. The minimum absolute atomic E-state index is 0.0703. The summed E-state index contributed by atoms with van der Waals surface area (Å²) in [6, 6.07) is 9.89. The minimum atomic E-state index is -0.224. The molecule has 0 saturated carbocycles. The van der Waals surface area contributed by atoms with Crippen LogP contribution in [0.3, 0.4) is 0 Å². The number of carbonyl (C=O) groups excluding carboxylic acids is 2. The van der Waals surface area contributed by atoms with Crippen molar-refractivity contribution < 1.29 is 9.59 Å². The van der Waals surface area contributed by atoms with Crippen molar-refractivity contribution in [3.63, 3.8) is 0 Å². The van der Waals surface area contributed by atoms with Crippen LogP contribution >= 0.6 is 0 Å². The monoisotopic (exact) mass is 354 g/mol. The fourth-order valence-corrected chi connectivity index (χ4v) is 3.13. The average molecular weight is 354 g/mol. The fourth-order valence-electron chi connectivity index (χ4n) is 3.13. The van der Waals surface area contributed by atoms with E-state index in [0.29, 0.717) is 31.0 Å². The molecule has 26 heavy (non-hydrogen) atoms. The Morgan fingerprint density at radius 3 is 2.85 bits per heavy atom. The van der Waals surface area contributed by atoms with Crippen LogP contribution in [0.4, 0.5) is 0 Å². The molecule has 2 aromatic rings. The highest BCUT2D eigenvalue weighted by Crippen LogP contribution is 2.17. The van der Waals surface area contributed by atoms with Crippen molar-refractivity contribution in [2.45, 2.75) is 52.7 Å². The number of benzene rings is 1. The number of nitrogens with one attached hydrogen (secondary N) is 1. The molecule has 138 valence electrons. The molecule has 0 saturated heterocycles. The zero-order valence-electron chi connectivity index (χ0n) is 15.7. The van der Waals surface area contributed by atoms with Crippen molar-refractivity contribution in [2.24, 2.45) is 0 Å². The molecule has 0 radical (unpaired) electrons. The van der Waals surface area contributed by atoms with Crippen LogP contribution in [0.15, 0.2) is 30.3 Å². The molecule has 6 heteroatoms. The Bertz CT molecular complexity index is 812. The van der Waals surface area contributed by atoms with E-state index in [9.17, 15) is 9.59 Å². The lowest BCUT2D eigenvalue weighted by Gasteiger charge is -2.20. The van der Waals surface area contributed by atoms with Gasteiger partial charge in [0.15, 0.2) is 5.69 Å². The van der Waals surface area contributed by atoms with E-state index in [0.717, 1.165) is 18.4 Å². The smallest absolute Gasteiger partial charge is 0.272 e. The van der Waals surface area contributed by atoms with Gasteiger partial charge in [-0.1, -0.05) is 36.8 Å². The van der Waals surface area contributed by atoms with E-state index in [1.54, 1.807) is 10.7 Å². The van der Waals surface area contributed by atoms with Crippen LogP contribution in [0.2, 0.25) is 0 Å². The Labute approximate surface area is 154 Å². The number of carbonyl (C=O) groups is 2. The van der Waals surface area contributed by atoms with Gasteiger partial charge in [0.25, 0.3) is 11.8 Å². The van der Waals surface area contributed by atoms with E-state index in [2.05, 4.69) is 16.5 Å². The number of hydrogen-bond donors (Lipinski definition) is 1. The molecule has 2 amide bonds. The van der Waals surface area contributed by atoms with Crippen molar-refractivity contribution in [1.29, 1.82) is 0 Å². The van der Waals surface area contributed by atoms with Crippen LogP contribution < -0.4 is 5.32 Å². The zero-order valence-corrected chi connectivity index (χ0v) is 15.7. The first kappa shape index (κ1) is 18.2. The van der Waals surface area contributed by atoms with Crippen LogP contribution in [0.5, 0.6) is 0 Å². The Hall–Kier alpha value is -2.63. The minimum Gasteiger partial charge on any atom is -0.348 e. The van der Waals surface area contributed by atoms with Gasteiger partial charge in [0.05, 0.1) is 0 Å². The molecule has 1 atom stereocenters. The Morgan fingerprint density at radius 1 is 1.31 bits per heavy atom. The lowest BCUT2D eigenvalue weighted by molar-refractivity contribution is 0.0745. The average Bonchev–Trinajstić information content (AvgIpc) is 2.99. The quantitative estimate of drug-likeness (QED) is 0.898. The second-order valence-corrected chi connectivity index (χ2v) is 6.99. The first-order valence-corrected chi connectivity index (χ1v) is 9.21. The van der Waals surface area contributed by atoms with E-state index in [1.165, 1.54) is 5.56 Å². The summed E-state index contributed by atoms with van der Waals surface area (Å²) in [5.74, 6) is -0.294. The lowest BCUT2D eigenvalue weighted by Crippen LogP contribution is -2.32. The Balaban J connectivity index is 1.79. The number of aromatic nitrogens is 2. The maximum atomic E-state index is 13.0. The predicted octanol–water partition coefficient (Wildman–Crippen LogP) is 2.77. The number of aryl methyl sites for hydroxylation is 2. The first-order valence-electron chi connectivity index (χ1n) is 9.21. The third kappa shape index (κ3) is 3.95. The summed E-state index contributed by atoms with van der Waals surface area (Å²) in [4.78, 5) is 27.1. The van der Waals surface area contributed by atoms with Gasteiger partial charge in [-0.2, -0.15) is 5.10 Å². The van der Waals surface area contributed by atoms with Gasteiger partial charge in [-0.3, -0.25) is 14.3 Å². The van der Waals surface area contributed by atoms with Gasteiger partial charge in [0, 0.05) is 31.7 Å². The maximum Gasteiger partial charge on any atom is 0.272 e. The highest BCUT2D eigenvalue weighted by molar-refractivity contribution is 5.98. The molecule has 3 rings (SSSR count). The zero-order chi connectivity index (χ0) is 18.7. The molecular weight excluding hydrogens is 328 g/mol. The third-order valence-electron chi connectivity index (χ3n) is 4.76. The van der Waals surface area contributed by atoms with E-state index < -0.39 is 0 Å². The van der Waals surface area contributed by atoms with E-state index in [-0.39, 0.29) is 17.9 Å². The van der Waals surface area contributed by atoms with Crippen LogP contribution in [-0.2, 0) is 13.1 Å². The molecule has 1 aromatic carbocycles. The van der Waals surface area contributed by atoms with Crippen molar-refractivity contribution >= 4 is 11.8 Å². The summed E-state index contributed by atoms with van der Waals surface area (Å²) >= 11 is 0. The summed E-state index contributed by atoms with van der Waals surface area (Å²) in [6.07, 6.45) is 1.67. The summed E-state index contributed by atoms with van der Waals surface area (Å²) in [5, 5.41) is 7.26. The van der Waals surface area contributed by atoms with Crippen LogP contribution in [0.1, 0.15) is 58.8 Å². The van der Waals surface area contributed by atoms with Crippen molar-refractivity contribution in [3.05, 3.63) is 52.8 Å². The van der Waals surface area contributed by atoms with Crippen LogP contribution in [0.25, 0.3) is 0 Å². The third-order valence-corrected chi connectivity index (χ3v) is 4.76. The standard InChI is InChI=1S/C20H26N4O2/c1-4-15(3)21-19(25)17-12-18-20(26)23(9-6-10-24(18)22-17)13-16-8-5-7-14(2)11-16/h5,7-8,11-12,15H,4,6,9-10,13H2,1-3H3,(H,21,25). The normalized spacial score (nSPS) is 15.3. The molecule has 0 fully saturated rings. The molecule has 2 heterocycles. The topological polar surface area (TPSA) is 67.2 Å². The molecule has 1 aromatic heterocycles. The molecule has 1 aliphatic heterocycles. The van der Waals surface area contributed by atoms with Crippen molar-refractivity contribution in [2.75, 3.05) is 6.54 Å². The second-order valence-electron chi connectivity index (χ2n) is 6.99. The van der Waals surface area contributed by atoms with Gasteiger partial charge in [-0.25, -0.2) is 0 Å². The highest BCUT2D eigenvalue weighted by atomic mass is 16.2. The molecule has 1 aliphatic rings. The largest absolute Gasteiger partial charge is 0.348 e. The van der Waals surface area contributed by atoms with Crippen molar-refractivity contribution in [3.8, 4) is 0 Å². The summed E-state index contributed by atoms with van der Waals surface area (Å²) in [5.41, 5.74) is 3.09. The van der Waals surface area contributed by atoms with Crippen molar-refractivity contribution in [1.82, 2.24) is 20.0 Å². The number of fused-ring (bicyclic) bond motifs is 1. The Morgan fingerprint density at radius 2 is 2.12 bits per heavy atom. The summed E-state index contributed by atoms with van der Waals surface area (Å²) < 4.78 is 1.67. The van der Waals surface area contributed by atoms with Gasteiger partial charge in [-0.05, 0) is 32.3 Å². The van der Waals surface area contributed by atoms with E-state index in [4.69, 9.17) is 0 Å². The first-order chi connectivity index (χ1) is 12.5. The van der Waals surface area contributed by atoms with E-state index >= 15 is 0 Å². The molecule has 1 unspecified atom stereocenters.